The van der Waals surface area contributed by atoms with Crippen LogP contribution in [0.5, 0.6) is 0 Å². The van der Waals surface area contributed by atoms with E-state index in [1.807, 2.05) is 0 Å². The quantitative estimate of drug-likeness (QED) is 0.172. The van der Waals surface area contributed by atoms with E-state index in [1.54, 1.807) is 30.3 Å². The largest absolute Gasteiger partial charge is 0.478 e. The van der Waals surface area contributed by atoms with Gasteiger partial charge in [0.15, 0.2) is 0 Å². The average molecular weight is 486 g/mol. The molecule has 6 N–H and O–H groups in total. The van der Waals surface area contributed by atoms with E-state index in [1.165, 1.54) is 6.92 Å². The Labute approximate surface area is 190 Å². The number of aliphatic imine (C=N–C) groups is 1. The van der Waals surface area contributed by atoms with Crippen molar-refractivity contribution in [3.05, 3.63) is 47.7 Å². The minimum atomic E-state index is -3.77. The highest BCUT2D eigenvalue weighted by molar-refractivity contribution is 7.89. The topological polar surface area (TPSA) is 195 Å². The van der Waals surface area contributed by atoms with Crippen LogP contribution in [-0.2, 0) is 30.8 Å². The molecule has 0 radical (unpaired) electrons. The summed E-state index contributed by atoms with van der Waals surface area (Å²) in [5.74, 6) is -2.76. The van der Waals surface area contributed by atoms with Crippen molar-refractivity contribution >= 4 is 27.7 Å². The van der Waals surface area contributed by atoms with Crippen molar-refractivity contribution in [1.82, 2.24) is 10.0 Å². The van der Waals surface area contributed by atoms with Gasteiger partial charge in [-0.3, -0.25) is 14.5 Å². The van der Waals surface area contributed by atoms with E-state index < -0.39 is 64.7 Å². The molecule has 1 aliphatic rings. The highest BCUT2D eigenvalue weighted by Gasteiger charge is 2.43. The lowest BCUT2D eigenvalue weighted by Gasteiger charge is -2.38. The number of rotatable bonds is 9. The second kappa shape index (κ2) is 11.2. The molecule has 1 heterocycles. The van der Waals surface area contributed by atoms with Crippen LogP contribution in [0.4, 0.5) is 0 Å². The summed E-state index contributed by atoms with van der Waals surface area (Å²) in [5, 5.41) is 41.4. The third-order valence-corrected chi connectivity index (χ3v) is 5.23. The number of ether oxygens (including phenoxy) is 1. The fraction of sp³-hybridized carbons (Fsp3) is 0.450. The fourth-order valence-electron chi connectivity index (χ4n) is 3.25. The molecule has 13 heteroatoms. The predicted octanol–water partition coefficient (Wildman–Crippen LogP) is -1.87. The number of benzene rings is 1. The Kier molecular flexibility index (Phi) is 8.93. The van der Waals surface area contributed by atoms with Crippen LogP contribution in [0.2, 0.25) is 0 Å². The first-order valence-corrected chi connectivity index (χ1v) is 11.7. The van der Waals surface area contributed by atoms with Crippen LogP contribution in [0, 0.1) is 0 Å². The number of carboxylic acids is 1. The summed E-state index contributed by atoms with van der Waals surface area (Å²) in [7, 11) is -3.77. The van der Waals surface area contributed by atoms with Gasteiger partial charge in [0.1, 0.15) is 24.1 Å². The molecule has 0 unspecified atom stereocenters. The SMILES string of the molecule is CC(=O)N[C@H]1[C@H]([C@H](O)[C@H](O)CO)OC(C(=O)O)=C[C@@H]1N=C(Cc1ccccc1)NS(C)(=O)=O. The zero-order valence-electron chi connectivity index (χ0n) is 18.0. The molecule has 0 aliphatic carbocycles. The van der Waals surface area contributed by atoms with Crippen LogP contribution in [0.3, 0.4) is 0 Å². The standard InChI is InChI=1S/C20H27N3O9S/c1-11(25)21-17-13(9-15(20(28)29)32-19(17)18(27)14(26)10-24)22-16(23-33(2,30)31)8-12-6-4-3-5-7-12/h3-7,9,13-14,17-19,24,26-27H,8,10H2,1-2H3,(H,21,25)(H,22,23)(H,28,29)/t13-,14+,17+,18+,19+/m0/s1. The lowest BCUT2D eigenvalue weighted by molar-refractivity contribution is -0.145. The zero-order chi connectivity index (χ0) is 24.8. The van der Waals surface area contributed by atoms with Crippen molar-refractivity contribution in [3.8, 4) is 0 Å². The van der Waals surface area contributed by atoms with Crippen molar-refractivity contribution in [2.45, 2.75) is 43.7 Å². The summed E-state index contributed by atoms with van der Waals surface area (Å²) in [5.41, 5.74) is 0.699. The normalized spacial score (nSPS) is 23.0. The second-order valence-electron chi connectivity index (χ2n) is 7.49. The molecule has 2 rings (SSSR count). The van der Waals surface area contributed by atoms with Crippen LogP contribution >= 0.6 is 0 Å². The maximum Gasteiger partial charge on any atom is 0.370 e. The molecule has 0 bridgehead atoms. The third-order valence-electron chi connectivity index (χ3n) is 4.63. The molecule has 12 nitrogen and oxygen atoms in total. The Morgan fingerprint density at radius 2 is 1.85 bits per heavy atom. The van der Waals surface area contributed by atoms with Gasteiger partial charge >= 0.3 is 5.97 Å². The molecule has 1 aliphatic heterocycles. The van der Waals surface area contributed by atoms with Crippen LogP contribution in [0.1, 0.15) is 12.5 Å². The number of nitrogens with zero attached hydrogens (tertiary/aromatic N) is 1. The van der Waals surface area contributed by atoms with Gasteiger partial charge < -0.3 is 30.5 Å². The summed E-state index contributed by atoms with van der Waals surface area (Å²) in [6, 6.07) is 6.33. The number of nitrogens with one attached hydrogen (secondary N) is 2. The van der Waals surface area contributed by atoms with Crippen molar-refractivity contribution in [3.63, 3.8) is 0 Å². The number of sulfonamides is 1. The summed E-state index contributed by atoms with van der Waals surface area (Å²) in [4.78, 5) is 27.8. The minimum absolute atomic E-state index is 0.0286. The number of carbonyl (C=O) groups is 2. The lowest BCUT2D eigenvalue weighted by Crippen LogP contribution is -2.59. The highest BCUT2D eigenvalue weighted by atomic mass is 32.2. The zero-order valence-corrected chi connectivity index (χ0v) is 18.8. The number of amides is 1. The van der Waals surface area contributed by atoms with Gasteiger partial charge in [0.2, 0.25) is 21.7 Å². The molecule has 0 aromatic heterocycles. The van der Waals surface area contributed by atoms with Crippen LogP contribution in [0.25, 0.3) is 0 Å². The fourth-order valence-corrected chi connectivity index (χ4v) is 3.81. The Bertz CT molecular complexity index is 1010. The number of aliphatic hydroxyl groups excluding tert-OH is 3. The number of amidine groups is 1. The van der Waals surface area contributed by atoms with E-state index in [2.05, 4.69) is 15.0 Å². The van der Waals surface area contributed by atoms with Gasteiger partial charge in [0.25, 0.3) is 0 Å². The van der Waals surface area contributed by atoms with E-state index in [0.29, 0.717) is 5.56 Å². The molecule has 0 fully saturated rings. The van der Waals surface area contributed by atoms with Gasteiger partial charge in [0, 0.05) is 13.3 Å². The summed E-state index contributed by atoms with van der Waals surface area (Å²) in [6.45, 7) is 0.311. The number of aliphatic hydroxyl groups is 3. The molecule has 0 spiro atoms. The lowest BCUT2D eigenvalue weighted by atomic mass is 9.92. The summed E-state index contributed by atoms with van der Waals surface area (Å²) < 4.78 is 31.4. The van der Waals surface area contributed by atoms with Crippen LogP contribution < -0.4 is 10.0 Å². The third kappa shape index (κ3) is 7.82. The van der Waals surface area contributed by atoms with Crippen molar-refractivity contribution in [2.24, 2.45) is 4.99 Å². The monoisotopic (exact) mass is 485 g/mol. The molecule has 1 amide bonds. The van der Waals surface area contributed by atoms with E-state index in [9.17, 15) is 38.4 Å². The molecule has 1 aromatic rings. The molecule has 0 saturated heterocycles. The average Bonchev–Trinajstić information content (AvgIpc) is 2.72. The molecule has 33 heavy (non-hydrogen) atoms. The molecular formula is C20H27N3O9S. The van der Waals surface area contributed by atoms with Gasteiger partial charge in [-0.05, 0) is 11.6 Å². The van der Waals surface area contributed by atoms with Gasteiger partial charge in [-0.2, -0.15) is 0 Å². The van der Waals surface area contributed by atoms with E-state index >= 15 is 0 Å². The van der Waals surface area contributed by atoms with Crippen molar-refractivity contribution < 1.29 is 43.2 Å². The van der Waals surface area contributed by atoms with Crippen LogP contribution in [-0.4, -0.2) is 89.8 Å². The second-order valence-corrected chi connectivity index (χ2v) is 9.24. The predicted molar refractivity (Wildman–Crippen MR) is 117 cm³/mol. The number of carbonyl (C=O) groups excluding carboxylic acids is 1. The Hall–Kier alpha value is -3.00. The summed E-state index contributed by atoms with van der Waals surface area (Å²) in [6.07, 6.45) is -3.01. The van der Waals surface area contributed by atoms with E-state index in [0.717, 1.165) is 12.3 Å². The van der Waals surface area contributed by atoms with E-state index in [4.69, 9.17) is 4.74 Å². The number of aliphatic carboxylic acids is 1. The smallest absolute Gasteiger partial charge is 0.370 e. The maximum absolute atomic E-state index is 11.9. The highest BCUT2D eigenvalue weighted by Crippen LogP contribution is 2.25. The summed E-state index contributed by atoms with van der Waals surface area (Å²) >= 11 is 0. The first kappa shape index (κ1) is 26.3. The Morgan fingerprint density at radius 3 is 2.36 bits per heavy atom. The molecule has 182 valence electrons. The van der Waals surface area contributed by atoms with Crippen molar-refractivity contribution in [2.75, 3.05) is 12.9 Å². The number of carboxylic acid groups (broad SMARTS) is 1. The Morgan fingerprint density at radius 1 is 1.21 bits per heavy atom. The van der Waals surface area contributed by atoms with Gasteiger partial charge in [-0.1, -0.05) is 30.3 Å². The maximum atomic E-state index is 11.9. The van der Waals surface area contributed by atoms with Gasteiger partial charge in [-0.15, -0.1) is 0 Å². The first-order chi connectivity index (χ1) is 15.4. The Balaban J connectivity index is 2.57. The molecule has 5 atom stereocenters. The van der Waals surface area contributed by atoms with Crippen molar-refractivity contribution in [1.29, 1.82) is 0 Å². The molecule has 1 aromatic carbocycles. The van der Waals surface area contributed by atoms with Gasteiger partial charge in [0.05, 0.1) is 24.9 Å². The molecular weight excluding hydrogens is 458 g/mol. The minimum Gasteiger partial charge on any atom is -0.478 e. The number of hydrogen-bond acceptors (Lipinski definition) is 9. The number of hydrogen-bond donors (Lipinski definition) is 6. The first-order valence-electron chi connectivity index (χ1n) is 9.85. The van der Waals surface area contributed by atoms with Gasteiger partial charge in [-0.25, -0.2) is 13.2 Å². The van der Waals surface area contributed by atoms with Crippen LogP contribution in [0.15, 0.2) is 47.2 Å². The molecule has 0 saturated carbocycles. The van der Waals surface area contributed by atoms with E-state index in [-0.39, 0.29) is 12.3 Å².